The summed E-state index contributed by atoms with van der Waals surface area (Å²) >= 11 is 3.83. The van der Waals surface area contributed by atoms with Crippen molar-refractivity contribution in [3.8, 4) is 11.3 Å². The number of hydrogen-bond donors (Lipinski definition) is 1. The van der Waals surface area contributed by atoms with Gasteiger partial charge in [0.15, 0.2) is 0 Å². The van der Waals surface area contributed by atoms with Gasteiger partial charge in [-0.15, -0.1) is 11.3 Å². The normalized spacial score (nSPS) is 10.9. The van der Waals surface area contributed by atoms with Crippen molar-refractivity contribution in [1.29, 1.82) is 0 Å². The Hall–Kier alpha value is -0.840. The molecule has 1 aromatic carbocycles. The van der Waals surface area contributed by atoms with E-state index in [-0.39, 0.29) is 0 Å². The number of thioether (sulfide) groups is 1. The smallest absolute Gasteiger partial charge is 0.103 e. The van der Waals surface area contributed by atoms with E-state index in [2.05, 4.69) is 49.5 Å². The Morgan fingerprint density at radius 2 is 2.00 bits per heavy atom. The lowest BCUT2D eigenvalue weighted by Crippen LogP contribution is -2.11. The Labute approximate surface area is 130 Å². The van der Waals surface area contributed by atoms with Crippen molar-refractivity contribution in [1.82, 2.24) is 10.3 Å². The first kappa shape index (κ1) is 15.5. The molecule has 0 amide bonds. The van der Waals surface area contributed by atoms with E-state index in [0.717, 1.165) is 24.5 Å². The first-order chi connectivity index (χ1) is 9.85. The summed E-state index contributed by atoms with van der Waals surface area (Å²) in [7, 11) is 0. The highest BCUT2D eigenvalue weighted by Crippen LogP contribution is 2.30. The highest BCUT2D eigenvalue weighted by molar-refractivity contribution is 7.98. The number of thiazole rings is 1. The van der Waals surface area contributed by atoms with Gasteiger partial charge in [0.05, 0.1) is 5.69 Å². The van der Waals surface area contributed by atoms with Crippen LogP contribution in [-0.2, 0) is 12.3 Å². The van der Waals surface area contributed by atoms with Crippen LogP contribution in [0.25, 0.3) is 11.3 Å². The summed E-state index contributed by atoms with van der Waals surface area (Å²) in [5.74, 6) is 2.24. The van der Waals surface area contributed by atoms with Gasteiger partial charge in [-0.25, -0.2) is 4.98 Å². The molecule has 0 atom stereocenters. The summed E-state index contributed by atoms with van der Waals surface area (Å²) < 4.78 is 0. The van der Waals surface area contributed by atoms with Crippen LogP contribution in [-0.4, -0.2) is 17.3 Å². The highest BCUT2D eigenvalue weighted by Gasteiger charge is 2.12. The maximum atomic E-state index is 4.86. The molecule has 2 rings (SSSR count). The average molecular weight is 307 g/mol. The Balaban J connectivity index is 2.19. The Bertz CT molecular complexity index is 508. The molecule has 0 bridgehead atoms. The van der Waals surface area contributed by atoms with Gasteiger partial charge in [-0.3, -0.25) is 0 Å². The van der Waals surface area contributed by atoms with Crippen LogP contribution in [0.2, 0.25) is 0 Å². The van der Waals surface area contributed by atoms with Gasteiger partial charge in [-0.1, -0.05) is 44.2 Å². The summed E-state index contributed by atoms with van der Waals surface area (Å²) in [4.78, 5) is 6.21. The SMILES string of the molecule is CCCSCc1nc(-c2ccccc2)c(CNCC)s1. The van der Waals surface area contributed by atoms with E-state index >= 15 is 0 Å². The van der Waals surface area contributed by atoms with Gasteiger partial charge in [0.1, 0.15) is 5.01 Å². The van der Waals surface area contributed by atoms with E-state index in [1.165, 1.54) is 27.6 Å². The largest absolute Gasteiger partial charge is 0.312 e. The molecule has 2 nitrogen and oxygen atoms in total. The number of aromatic nitrogens is 1. The number of nitrogens with one attached hydrogen (secondary N) is 1. The molecule has 0 radical (unpaired) electrons. The second-order valence-electron chi connectivity index (χ2n) is 4.58. The molecule has 0 unspecified atom stereocenters. The van der Waals surface area contributed by atoms with Crippen molar-refractivity contribution in [2.75, 3.05) is 12.3 Å². The van der Waals surface area contributed by atoms with E-state index in [9.17, 15) is 0 Å². The van der Waals surface area contributed by atoms with Crippen molar-refractivity contribution >= 4 is 23.1 Å². The maximum Gasteiger partial charge on any atom is 0.103 e. The summed E-state index contributed by atoms with van der Waals surface area (Å²) in [5, 5.41) is 4.66. The molecule has 0 aliphatic rings. The first-order valence-corrected chi connectivity index (χ1v) is 9.14. The summed E-state index contributed by atoms with van der Waals surface area (Å²) in [6.07, 6.45) is 1.23. The van der Waals surface area contributed by atoms with Crippen LogP contribution in [0.1, 0.15) is 30.2 Å². The minimum Gasteiger partial charge on any atom is -0.312 e. The monoisotopic (exact) mass is 306 g/mol. The highest BCUT2D eigenvalue weighted by atomic mass is 32.2. The van der Waals surface area contributed by atoms with Crippen molar-refractivity contribution in [3.05, 3.63) is 40.2 Å². The van der Waals surface area contributed by atoms with Gasteiger partial charge in [0.2, 0.25) is 0 Å². The van der Waals surface area contributed by atoms with Gasteiger partial charge in [-0.05, 0) is 18.7 Å². The zero-order valence-electron chi connectivity index (χ0n) is 12.2. The van der Waals surface area contributed by atoms with E-state index in [4.69, 9.17) is 4.98 Å². The van der Waals surface area contributed by atoms with E-state index in [0.29, 0.717) is 0 Å². The summed E-state index contributed by atoms with van der Waals surface area (Å²) in [6.45, 7) is 6.27. The number of nitrogens with zero attached hydrogens (tertiary/aromatic N) is 1. The van der Waals surface area contributed by atoms with Crippen LogP contribution in [0.15, 0.2) is 30.3 Å². The Morgan fingerprint density at radius 3 is 2.70 bits per heavy atom. The van der Waals surface area contributed by atoms with Gasteiger partial charge >= 0.3 is 0 Å². The minimum atomic E-state index is 0.914. The van der Waals surface area contributed by atoms with Crippen molar-refractivity contribution in [2.24, 2.45) is 0 Å². The topological polar surface area (TPSA) is 24.9 Å². The van der Waals surface area contributed by atoms with E-state index < -0.39 is 0 Å². The molecule has 0 aliphatic heterocycles. The third kappa shape index (κ3) is 4.33. The predicted molar refractivity (Wildman–Crippen MR) is 91.4 cm³/mol. The molecule has 0 saturated heterocycles. The zero-order chi connectivity index (χ0) is 14.2. The lowest BCUT2D eigenvalue weighted by molar-refractivity contribution is 0.735. The van der Waals surface area contributed by atoms with Crippen molar-refractivity contribution in [3.63, 3.8) is 0 Å². The molecule has 108 valence electrons. The van der Waals surface area contributed by atoms with Crippen LogP contribution in [0.5, 0.6) is 0 Å². The molecule has 2 aromatic rings. The maximum absolute atomic E-state index is 4.86. The third-order valence-electron chi connectivity index (χ3n) is 2.90. The van der Waals surface area contributed by atoms with Crippen LogP contribution >= 0.6 is 23.1 Å². The van der Waals surface area contributed by atoms with Crippen LogP contribution in [0.3, 0.4) is 0 Å². The Morgan fingerprint density at radius 1 is 1.20 bits per heavy atom. The minimum absolute atomic E-state index is 0.914. The zero-order valence-corrected chi connectivity index (χ0v) is 13.8. The third-order valence-corrected chi connectivity index (χ3v) is 5.31. The van der Waals surface area contributed by atoms with Crippen LogP contribution in [0, 0.1) is 0 Å². The fourth-order valence-corrected chi connectivity index (χ4v) is 3.96. The number of hydrogen-bond acceptors (Lipinski definition) is 4. The molecule has 0 spiro atoms. The van der Waals surface area contributed by atoms with Crippen molar-refractivity contribution in [2.45, 2.75) is 32.6 Å². The quantitative estimate of drug-likeness (QED) is 0.724. The molecule has 0 fully saturated rings. The second kappa shape index (κ2) is 8.45. The molecular formula is C16H22N2S2. The van der Waals surface area contributed by atoms with Gasteiger partial charge in [-0.2, -0.15) is 11.8 Å². The van der Waals surface area contributed by atoms with Gasteiger partial charge in [0.25, 0.3) is 0 Å². The van der Waals surface area contributed by atoms with Crippen LogP contribution in [0.4, 0.5) is 0 Å². The molecule has 0 saturated carbocycles. The molecule has 4 heteroatoms. The lowest BCUT2D eigenvalue weighted by Gasteiger charge is -2.02. The summed E-state index contributed by atoms with van der Waals surface area (Å²) in [6, 6.07) is 10.5. The lowest BCUT2D eigenvalue weighted by atomic mass is 10.1. The molecule has 1 aromatic heterocycles. The predicted octanol–water partition coefficient (Wildman–Crippen LogP) is 4.56. The fraction of sp³-hybridized carbons (Fsp3) is 0.438. The average Bonchev–Trinajstić information content (AvgIpc) is 2.89. The molecule has 1 N–H and O–H groups in total. The standard InChI is InChI=1S/C16H22N2S2/c1-3-10-19-12-15-18-16(13-8-6-5-7-9-13)14(20-15)11-17-4-2/h5-9,17H,3-4,10-12H2,1-2H3. The number of benzene rings is 1. The molecular weight excluding hydrogens is 284 g/mol. The molecule has 20 heavy (non-hydrogen) atoms. The van der Waals surface area contributed by atoms with Crippen LogP contribution < -0.4 is 5.32 Å². The first-order valence-electron chi connectivity index (χ1n) is 7.17. The molecule has 0 aliphatic carbocycles. The van der Waals surface area contributed by atoms with Crippen molar-refractivity contribution < 1.29 is 0 Å². The second-order valence-corrected chi connectivity index (χ2v) is 6.85. The van der Waals surface area contributed by atoms with Gasteiger partial charge in [0, 0.05) is 22.7 Å². The number of rotatable bonds is 8. The van der Waals surface area contributed by atoms with Gasteiger partial charge < -0.3 is 5.32 Å². The Kier molecular flexibility index (Phi) is 6.57. The summed E-state index contributed by atoms with van der Waals surface area (Å²) in [5.41, 5.74) is 2.38. The fourth-order valence-electron chi connectivity index (χ4n) is 1.95. The van der Waals surface area contributed by atoms with E-state index in [1.54, 1.807) is 0 Å². The van der Waals surface area contributed by atoms with E-state index in [1.807, 2.05) is 23.1 Å². The molecule has 1 heterocycles.